The third-order valence-electron chi connectivity index (χ3n) is 3.27. The number of nitrogens with zero attached hydrogens (tertiary/aromatic N) is 1. The summed E-state index contributed by atoms with van der Waals surface area (Å²) < 4.78 is 5.52. The molecule has 17 heavy (non-hydrogen) atoms. The maximum Gasteiger partial charge on any atom is 0.108 e. The van der Waals surface area contributed by atoms with E-state index >= 15 is 0 Å². The molecule has 4 nitrogen and oxygen atoms in total. The maximum atomic E-state index is 5.90. The molecule has 0 saturated heterocycles. The summed E-state index contributed by atoms with van der Waals surface area (Å²) in [5, 5.41) is 0. The second-order valence-electron chi connectivity index (χ2n) is 4.91. The van der Waals surface area contributed by atoms with E-state index in [1.54, 1.807) is 6.26 Å². The van der Waals surface area contributed by atoms with Crippen LogP contribution in [0.1, 0.15) is 44.3 Å². The molecule has 1 aromatic rings. The molecule has 94 valence electrons. The lowest BCUT2D eigenvalue weighted by molar-refractivity contribution is 0.379. The summed E-state index contributed by atoms with van der Waals surface area (Å²) in [7, 11) is 0. The van der Waals surface area contributed by atoms with Gasteiger partial charge in [0, 0.05) is 18.4 Å². The topological polar surface area (TPSA) is 77.5 Å². The van der Waals surface area contributed by atoms with Gasteiger partial charge in [-0.1, -0.05) is 0 Å². The lowest BCUT2D eigenvalue weighted by Crippen LogP contribution is -2.27. The van der Waals surface area contributed by atoms with Crippen LogP contribution in [0.3, 0.4) is 0 Å². The summed E-state index contributed by atoms with van der Waals surface area (Å²) in [6.07, 6.45) is 5.58. The highest BCUT2D eigenvalue weighted by atomic mass is 16.3. The van der Waals surface area contributed by atoms with Crippen molar-refractivity contribution in [2.24, 2.45) is 16.5 Å². The van der Waals surface area contributed by atoms with E-state index in [4.69, 9.17) is 15.9 Å². The van der Waals surface area contributed by atoms with E-state index in [1.807, 2.05) is 19.1 Å². The van der Waals surface area contributed by atoms with Gasteiger partial charge >= 0.3 is 0 Å². The Morgan fingerprint density at radius 2 is 2.41 bits per heavy atom. The molecule has 0 aromatic carbocycles. The van der Waals surface area contributed by atoms with E-state index in [2.05, 4.69) is 4.99 Å². The van der Waals surface area contributed by atoms with Gasteiger partial charge in [0.15, 0.2) is 0 Å². The Morgan fingerprint density at radius 1 is 1.59 bits per heavy atom. The Hall–Kier alpha value is -1.29. The highest BCUT2D eigenvalue weighted by Gasteiger charge is 2.27. The van der Waals surface area contributed by atoms with Gasteiger partial charge in [0.2, 0.25) is 0 Å². The zero-order valence-corrected chi connectivity index (χ0v) is 10.3. The van der Waals surface area contributed by atoms with Crippen molar-refractivity contribution in [1.29, 1.82) is 0 Å². The van der Waals surface area contributed by atoms with Crippen LogP contribution in [0.2, 0.25) is 0 Å². The van der Waals surface area contributed by atoms with E-state index < -0.39 is 0 Å². The quantitative estimate of drug-likeness (QED) is 0.841. The fourth-order valence-corrected chi connectivity index (χ4v) is 2.50. The van der Waals surface area contributed by atoms with Gasteiger partial charge in [0.05, 0.1) is 18.1 Å². The minimum atomic E-state index is 0.132. The Bertz CT molecular complexity index is 370. The number of amidine groups is 1. The minimum Gasteiger partial charge on any atom is -0.469 e. The molecule has 2 rings (SSSR count). The number of hydrogen-bond donors (Lipinski definition) is 2. The summed E-state index contributed by atoms with van der Waals surface area (Å²) >= 11 is 0. The van der Waals surface area contributed by atoms with E-state index in [0.29, 0.717) is 5.92 Å². The van der Waals surface area contributed by atoms with Crippen molar-refractivity contribution >= 4 is 5.84 Å². The van der Waals surface area contributed by atoms with E-state index in [0.717, 1.165) is 37.3 Å². The SMILES string of the molecule is CC(N)CC1N=C(N)CCCC1c1ccco1. The van der Waals surface area contributed by atoms with Crippen LogP contribution in [-0.2, 0) is 0 Å². The van der Waals surface area contributed by atoms with Gasteiger partial charge in [-0.2, -0.15) is 0 Å². The average molecular weight is 235 g/mol. The van der Waals surface area contributed by atoms with Crippen LogP contribution < -0.4 is 11.5 Å². The summed E-state index contributed by atoms with van der Waals surface area (Å²) in [5.74, 6) is 2.08. The van der Waals surface area contributed by atoms with Gasteiger partial charge in [0.1, 0.15) is 5.76 Å². The third-order valence-corrected chi connectivity index (χ3v) is 3.27. The third kappa shape index (κ3) is 3.09. The molecule has 1 aromatic heterocycles. The predicted molar refractivity (Wildman–Crippen MR) is 69.0 cm³/mol. The smallest absolute Gasteiger partial charge is 0.108 e. The molecule has 4 N–H and O–H groups in total. The largest absolute Gasteiger partial charge is 0.469 e. The second kappa shape index (κ2) is 5.36. The first-order valence-electron chi connectivity index (χ1n) is 6.28. The maximum absolute atomic E-state index is 5.90. The van der Waals surface area contributed by atoms with Gasteiger partial charge < -0.3 is 15.9 Å². The number of furan rings is 1. The molecule has 0 amide bonds. The molecular formula is C13H21N3O. The summed E-state index contributed by atoms with van der Waals surface area (Å²) in [6.45, 7) is 2.01. The van der Waals surface area contributed by atoms with Crippen molar-refractivity contribution in [2.45, 2.75) is 50.6 Å². The predicted octanol–water partition coefficient (Wildman–Crippen LogP) is 2.01. The van der Waals surface area contributed by atoms with Crippen LogP contribution in [0, 0.1) is 0 Å². The van der Waals surface area contributed by atoms with Crippen molar-refractivity contribution in [3.63, 3.8) is 0 Å². The normalized spacial score (nSPS) is 27.3. The molecule has 1 aliphatic rings. The molecular weight excluding hydrogens is 214 g/mol. The van der Waals surface area contributed by atoms with Crippen LogP contribution in [-0.4, -0.2) is 17.9 Å². The fourth-order valence-electron chi connectivity index (χ4n) is 2.50. The van der Waals surface area contributed by atoms with E-state index in [-0.39, 0.29) is 12.1 Å². The first-order valence-corrected chi connectivity index (χ1v) is 6.28. The number of nitrogens with two attached hydrogens (primary N) is 2. The standard InChI is InChI=1S/C13H21N3O/c1-9(14)8-11-10(12-5-3-7-17-12)4-2-6-13(15)16-11/h3,5,7,9-11H,2,4,6,8,14H2,1H3,(H2,15,16). The van der Waals surface area contributed by atoms with Crippen LogP contribution in [0.25, 0.3) is 0 Å². The van der Waals surface area contributed by atoms with Gasteiger partial charge in [-0.25, -0.2) is 0 Å². The minimum absolute atomic E-state index is 0.132. The molecule has 3 atom stereocenters. The number of aliphatic imine (C=N–C) groups is 1. The molecule has 0 bridgehead atoms. The fraction of sp³-hybridized carbons (Fsp3) is 0.615. The molecule has 0 spiro atoms. The number of rotatable bonds is 3. The van der Waals surface area contributed by atoms with Crippen molar-refractivity contribution in [1.82, 2.24) is 0 Å². The van der Waals surface area contributed by atoms with Crippen molar-refractivity contribution < 1.29 is 4.42 Å². The average Bonchev–Trinajstić information content (AvgIpc) is 2.70. The number of hydrogen-bond acceptors (Lipinski definition) is 4. The van der Waals surface area contributed by atoms with Crippen LogP contribution in [0.5, 0.6) is 0 Å². The zero-order chi connectivity index (χ0) is 12.3. The molecule has 0 saturated carbocycles. The van der Waals surface area contributed by atoms with Crippen molar-refractivity contribution in [3.05, 3.63) is 24.2 Å². The lowest BCUT2D eigenvalue weighted by Gasteiger charge is -2.22. The molecule has 4 heteroatoms. The van der Waals surface area contributed by atoms with Gasteiger partial charge in [0.25, 0.3) is 0 Å². The van der Waals surface area contributed by atoms with E-state index in [1.165, 1.54) is 0 Å². The monoisotopic (exact) mass is 235 g/mol. The summed E-state index contributed by atoms with van der Waals surface area (Å²) in [5.41, 5.74) is 11.8. The van der Waals surface area contributed by atoms with E-state index in [9.17, 15) is 0 Å². The highest BCUT2D eigenvalue weighted by Crippen LogP contribution is 2.32. The van der Waals surface area contributed by atoms with Crippen LogP contribution in [0.15, 0.2) is 27.8 Å². The summed E-state index contributed by atoms with van der Waals surface area (Å²) in [4.78, 5) is 4.61. The molecule has 2 heterocycles. The molecule has 0 aliphatic carbocycles. The van der Waals surface area contributed by atoms with Crippen molar-refractivity contribution in [2.75, 3.05) is 0 Å². The molecule has 0 fully saturated rings. The molecule has 1 aliphatic heterocycles. The van der Waals surface area contributed by atoms with Crippen LogP contribution in [0.4, 0.5) is 0 Å². The van der Waals surface area contributed by atoms with Crippen molar-refractivity contribution in [3.8, 4) is 0 Å². The molecule has 0 radical (unpaired) electrons. The lowest BCUT2D eigenvalue weighted by atomic mass is 9.89. The summed E-state index contributed by atoms with van der Waals surface area (Å²) in [6, 6.07) is 4.24. The van der Waals surface area contributed by atoms with Gasteiger partial charge in [-0.3, -0.25) is 4.99 Å². The Balaban J connectivity index is 2.21. The van der Waals surface area contributed by atoms with Gasteiger partial charge in [-0.15, -0.1) is 0 Å². The first-order chi connectivity index (χ1) is 8.16. The second-order valence-corrected chi connectivity index (χ2v) is 4.91. The first kappa shape index (κ1) is 12.2. The Labute approximate surface area is 102 Å². The Morgan fingerprint density at radius 3 is 3.06 bits per heavy atom. The zero-order valence-electron chi connectivity index (χ0n) is 10.3. The molecule has 3 unspecified atom stereocenters. The Kier molecular flexibility index (Phi) is 3.84. The van der Waals surface area contributed by atoms with Crippen LogP contribution >= 0.6 is 0 Å². The highest BCUT2D eigenvalue weighted by molar-refractivity contribution is 5.80. The van der Waals surface area contributed by atoms with Gasteiger partial charge in [-0.05, 0) is 38.3 Å².